The minimum Gasteiger partial charge on any atom is -0.323 e. The fourth-order valence-corrected chi connectivity index (χ4v) is 0.979. The molecule has 0 bridgehead atoms. The third kappa shape index (κ3) is 1.57. The lowest BCUT2D eigenvalue weighted by molar-refractivity contribution is 0.481. The fraction of sp³-hybridized carbons (Fsp3) is 0.714. The maximum Gasteiger partial charge on any atom is 0.0754 e. The lowest BCUT2D eigenvalue weighted by Crippen LogP contribution is -2.14. The quantitative estimate of drug-likeness (QED) is 0.688. The van der Waals surface area contributed by atoms with E-state index in [9.17, 15) is 0 Å². The molecule has 0 aromatic carbocycles. The van der Waals surface area contributed by atoms with E-state index >= 15 is 0 Å². The van der Waals surface area contributed by atoms with E-state index in [0.717, 1.165) is 5.69 Å². The van der Waals surface area contributed by atoms with Crippen LogP contribution in [0.25, 0.3) is 0 Å². The molecule has 0 amide bonds. The molecule has 4 nitrogen and oxygen atoms in total. The highest BCUT2D eigenvalue weighted by Gasteiger charge is 2.09. The van der Waals surface area contributed by atoms with E-state index in [1.165, 1.54) is 0 Å². The second kappa shape index (κ2) is 3.00. The van der Waals surface area contributed by atoms with Gasteiger partial charge in [0.15, 0.2) is 0 Å². The van der Waals surface area contributed by atoms with Crippen LogP contribution in [0, 0.1) is 0 Å². The van der Waals surface area contributed by atoms with E-state index in [-0.39, 0.29) is 6.04 Å². The summed E-state index contributed by atoms with van der Waals surface area (Å²) in [6.07, 6.45) is 1.71. The summed E-state index contributed by atoms with van der Waals surface area (Å²) >= 11 is 0. The van der Waals surface area contributed by atoms with Gasteiger partial charge in [0.25, 0.3) is 0 Å². The summed E-state index contributed by atoms with van der Waals surface area (Å²) in [5.41, 5.74) is 6.68. The van der Waals surface area contributed by atoms with Crippen LogP contribution in [-0.4, -0.2) is 15.0 Å². The number of nitrogens with zero attached hydrogens (tertiary/aromatic N) is 3. The molecule has 0 unspecified atom stereocenters. The molecule has 0 fully saturated rings. The summed E-state index contributed by atoms with van der Waals surface area (Å²) < 4.78 is 1.84. The van der Waals surface area contributed by atoms with Crippen LogP contribution in [0.15, 0.2) is 6.20 Å². The van der Waals surface area contributed by atoms with Crippen molar-refractivity contribution in [1.29, 1.82) is 0 Å². The van der Waals surface area contributed by atoms with Crippen molar-refractivity contribution >= 4 is 0 Å². The van der Waals surface area contributed by atoms with Crippen molar-refractivity contribution in [2.75, 3.05) is 0 Å². The Bertz CT molecular complexity index is 204. The van der Waals surface area contributed by atoms with Gasteiger partial charge in [-0.25, -0.2) is 4.68 Å². The first-order valence-electron chi connectivity index (χ1n) is 3.78. The minimum atomic E-state index is 0.00685. The van der Waals surface area contributed by atoms with Gasteiger partial charge < -0.3 is 5.73 Å². The van der Waals surface area contributed by atoms with Gasteiger partial charge in [0, 0.05) is 12.1 Å². The Balaban J connectivity index is 2.96. The molecule has 0 aliphatic rings. The molecule has 0 radical (unpaired) electrons. The van der Waals surface area contributed by atoms with Crippen molar-refractivity contribution in [2.45, 2.75) is 32.9 Å². The largest absolute Gasteiger partial charge is 0.323 e. The Morgan fingerprint density at radius 2 is 2.09 bits per heavy atom. The van der Waals surface area contributed by atoms with Gasteiger partial charge in [-0.2, -0.15) is 0 Å². The molecule has 0 spiro atoms. The third-order valence-corrected chi connectivity index (χ3v) is 1.56. The maximum atomic E-state index is 5.70. The minimum absolute atomic E-state index is 0.00685. The van der Waals surface area contributed by atoms with Gasteiger partial charge in [-0.1, -0.05) is 5.21 Å². The molecular weight excluding hydrogens is 140 g/mol. The highest BCUT2D eigenvalue weighted by molar-refractivity contribution is 5.00. The Labute approximate surface area is 66.4 Å². The van der Waals surface area contributed by atoms with Gasteiger partial charge in [0.1, 0.15) is 0 Å². The van der Waals surface area contributed by atoms with Gasteiger partial charge in [-0.3, -0.25) is 0 Å². The van der Waals surface area contributed by atoms with Crippen LogP contribution in [0.4, 0.5) is 0 Å². The van der Waals surface area contributed by atoms with E-state index < -0.39 is 0 Å². The average molecular weight is 154 g/mol. The lowest BCUT2D eigenvalue weighted by Gasteiger charge is -2.10. The Morgan fingerprint density at radius 3 is 2.45 bits per heavy atom. The molecule has 0 aliphatic carbocycles. The predicted octanol–water partition coefficient (Wildman–Crippen LogP) is 0.879. The number of rotatable bonds is 2. The van der Waals surface area contributed by atoms with Crippen molar-refractivity contribution in [3.8, 4) is 0 Å². The number of hydrogen-bond donors (Lipinski definition) is 1. The molecule has 2 N–H and O–H groups in total. The zero-order chi connectivity index (χ0) is 8.43. The second-order valence-corrected chi connectivity index (χ2v) is 2.99. The lowest BCUT2D eigenvalue weighted by atomic mass is 10.2. The zero-order valence-electron chi connectivity index (χ0n) is 7.15. The van der Waals surface area contributed by atoms with Crippen LogP contribution in [0.3, 0.4) is 0 Å². The van der Waals surface area contributed by atoms with Crippen molar-refractivity contribution in [3.63, 3.8) is 0 Å². The molecule has 1 aromatic rings. The van der Waals surface area contributed by atoms with Crippen molar-refractivity contribution < 1.29 is 0 Å². The van der Waals surface area contributed by atoms with Crippen LogP contribution in [-0.2, 0) is 0 Å². The topological polar surface area (TPSA) is 56.7 Å². The molecule has 4 heteroatoms. The van der Waals surface area contributed by atoms with Crippen molar-refractivity contribution in [1.82, 2.24) is 15.0 Å². The summed E-state index contributed by atoms with van der Waals surface area (Å²) in [6.45, 7) is 6.04. The number of aromatic nitrogens is 3. The standard InChI is InChI=1S/C7H14N4/c1-5(2)11-7(6(3)8)4-9-10-11/h4-6H,8H2,1-3H3/t6-/m0/s1. The van der Waals surface area contributed by atoms with Gasteiger partial charge in [0.2, 0.25) is 0 Å². The molecule has 1 aromatic heterocycles. The SMILES string of the molecule is CC(C)n1nncc1[C@H](C)N. The van der Waals surface area contributed by atoms with E-state index in [2.05, 4.69) is 24.2 Å². The molecule has 1 rings (SSSR count). The predicted molar refractivity (Wildman–Crippen MR) is 43.0 cm³/mol. The van der Waals surface area contributed by atoms with Crippen LogP contribution in [0.1, 0.15) is 38.5 Å². The molecule has 0 saturated carbocycles. The number of nitrogens with two attached hydrogens (primary N) is 1. The van der Waals surface area contributed by atoms with E-state index in [4.69, 9.17) is 5.73 Å². The molecular formula is C7H14N4. The molecule has 0 saturated heterocycles. The summed E-state index contributed by atoms with van der Waals surface area (Å²) in [4.78, 5) is 0. The van der Waals surface area contributed by atoms with Gasteiger partial charge in [-0.05, 0) is 20.8 Å². The number of hydrogen-bond acceptors (Lipinski definition) is 3. The fourth-order valence-electron chi connectivity index (χ4n) is 0.979. The first-order valence-corrected chi connectivity index (χ1v) is 3.78. The van der Waals surface area contributed by atoms with E-state index in [1.807, 2.05) is 11.6 Å². The summed E-state index contributed by atoms with van der Waals surface area (Å²) in [5, 5.41) is 7.72. The summed E-state index contributed by atoms with van der Waals surface area (Å²) in [5.74, 6) is 0. The van der Waals surface area contributed by atoms with E-state index in [1.54, 1.807) is 6.20 Å². The van der Waals surface area contributed by atoms with Crippen molar-refractivity contribution in [3.05, 3.63) is 11.9 Å². The highest BCUT2D eigenvalue weighted by atomic mass is 15.4. The van der Waals surface area contributed by atoms with Gasteiger partial charge in [0.05, 0.1) is 11.9 Å². The first-order chi connectivity index (χ1) is 5.13. The van der Waals surface area contributed by atoms with Gasteiger partial charge >= 0.3 is 0 Å². The molecule has 62 valence electrons. The second-order valence-electron chi connectivity index (χ2n) is 2.99. The monoisotopic (exact) mass is 154 g/mol. The zero-order valence-corrected chi connectivity index (χ0v) is 7.15. The summed E-state index contributed by atoms with van der Waals surface area (Å²) in [6, 6.07) is 0.339. The van der Waals surface area contributed by atoms with Crippen molar-refractivity contribution in [2.24, 2.45) is 5.73 Å². The smallest absolute Gasteiger partial charge is 0.0754 e. The molecule has 1 heterocycles. The Kier molecular flexibility index (Phi) is 2.24. The van der Waals surface area contributed by atoms with Gasteiger partial charge in [-0.15, -0.1) is 5.10 Å². The molecule has 1 atom stereocenters. The van der Waals surface area contributed by atoms with Crippen LogP contribution >= 0.6 is 0 Å². The van der Waals surface area contributed by atoms with Crippen LogP contribution in [0.2, 0.25) is 0 Å². The Hall–Kier alpha value is -0.900. The van der Waals surface area contributed by atoms with Crippen LogP contribution in [0.5, 0.6) is 0 Å². The normalized spacial score (nSPS) is 13.9. The maximum absolute atomic E-state index is 5.70. The molecule has 0 aliphatic heterocycles. The molecule has 11 heavy (non-hydrogen) atoms. The highest BCUT2D eigenvalue weighted by Crippen LogP contribution is 2.11. The van der Waals surface area contributed by atoms with E-state index in [0.29, 0.717) is 6.04 Å². The van der Waals surface area contributed by atoms with Crippen LogP contribution < -0.4 is 5.73 Å². The third-order valence-electron chi connectivity index (χ3n) is 1.56. The summed E-state index contributed by atoms with van der Waals surface area (Å²) in [7, 11) is 0. The first kappa shape index (κ1) is 8.20. The average Bonchev–Trinajstić information content (AvgIpc) is 2.32. The Morgan fingerprint density at radius 1 is 1.45 bits per heavy atom.